The van der Waals surface area contributed by atoms with Crippen molar-refractivity contribution in [3.05, 3.63) is 71.3 Å². The van der Waals surface area contributed by atoms with Crippen LogP contribution in [0.2, 0.25) is 0 Å². The van der Waals surface area contributed by atoms with Crippen molar-refractivity contribution in [2.24, 2.45) is 0 Å². The van der Waals surface area contributed by atoms with Crippen molar-refractivity contribution in [1.82, 2.24) is 0 Å². The molecular weight excluding hydrogens is 502 g/mol. The van der Waals surface area contributed by atoms with E-state index < -0.39 is 6.16 Å². The minimum Gasteiger partial charge on any atom is -0.493 e. The molecule has 0 heterocycles. The lowest BCUT2D eigenvalue weighted by Gasteiger charge is -2.13. The van der Waals surface area contributed by atoms with Gasteiger partial charge in [-0.3, -0.25) is 4.79 Å². The Labute approximate surface area is 228 Å². The maximum atomic E-state index is 12.4. The van der Waals surface area contributed by atoms with Crippen LogP contribution in [0.4, 0.5) is 10.5 Å². The van der Waals surface area contributed by atoms with Gasteiger partial charge in [0.15, 0.2) is 23.0 Å². The first-order valence-corrected chi connectivity index (χ1v) is 12.3. The first-order chi connectivity index (χ1) is 18.9. The highest BCUT2D eigenvalue weighted by molar-refractivity contribution is 5.90. The van der Waals surface area contributed by atoms with Gasteiger partial charge in [-0.05, 0) is 59.5 Å². The third-order valence-corrected chi connectivity index (χ3v) is 5.61. The average Bonchev–Trinajstić information content (AvgIpc) is 2.95. The van der Waals surface area contributed by atoms with Crippen LogP contribution in [-0.2, 0) is 16.1 Å². The van der Waals surface area contributed by atoms with E-state index in [0.29, 0.717) is 35.1 Å². The van der Waals surface area contributed by atoms with E-state index in [9.17, 15) is 9.59 Å². The van der Waals surface area contributed by atoms with Crippen molar-refractivity contribution >= 4 is 29.9 Å². The van der Waals surface area contributed by atoms with Crippen LogP contribution in [0.3, 0.4) is 0 Å². The molecule has 0 unspecified atom stereocenters. The highest BCUT2D eigenvalue weighted by Crippen LogP contribution is 2.38. The highest BCUT2D eigenvalue weighted by Gasteiger charge is 2.14. The number of hydrogen-bond donors (Lipinski definition) is 1. The lowest BCUT2D eigenvalue weighted by atomic mass is 10.1. The summed E-state index contributed by atoms with van der Waals surface area (Å²) in [6, 6.07) is 15.9. The molecule has 0 saturated carbocycles. The number of anilines is 1. The average molecular weight is 536 g/mol. The summed E-state index contributed by atoms with van der Waals surface area (Å²) >= 11 is 0. The second-order valence-electron chi connectivity index (χ2n) is 8.34. The Morgan fingerprint density at radius 1 is 0.744 bits per heavy atom. The predicted octanol–water partition coefficient (Wildman–Crippen LogP) is 6.35. The zero-order valence-corrected chi connectivity index (χ0v) is 22.7. The molecule has 1 amide bonds. The van der Waals surface area contributed by atoms with Crippen LogP contribution in [0.1, 0.15) is 36.5 Å². The van der Waals surface area contributed by atoms with Crippen molar-refractivity contribution in [1.29, 1.82) is 0 Å². The number of rotatable bonds is 12. The molecule has 206 valence electrons. The first kappa shape index (κ1) is 28.9. The van der Waals surface area contributed by atoms with Gasteiger partial charge in [-0.25, -0.2) is 4.79 Å². The normalized spacial score (nSPS) is 10.6. The zero-order chi connectivity index (χ0) is 28.2. The summed E-state index contributed by atoms with van der Waals surface area (Å²) in [6.07, 6.45) is 4.07. The van der Waals surface area contributed by atoms with Gasteiger partial charge >= 0.3 is 6.16 Å². The molecule has 3 aromatic carbocycles. The maximum absolute atomic E-state index is 12.4. The van der Waals surface area contributed by atoms with E-state index in [1.54, 1.807) is 57.7 Å². The Kier molecular flexibility index (Phi) is 10.6. The minimum absolute atomic E-state index is 0.00502. The summed E-state index contributed by atoms with van der Waals surface area (Å²) in [5.41, 5.74) is 3.00. The van der Waals surface area contributed by atoms with Gasteiger partial charge in [0, 0.05) is 12.1 Å². The molecule has 1 N–H and O–H groups in total. The molecule has 9 heteroatoms. The zero-order valence-electron chi connectivity index (χ0n) is 22.7. The van der Waals surface area contributed by atoms with Crippen LogP contribution < -0.4 is 29.0 Å². The van der Waals surface area contributed by atoms with Crippen LogP contribution in [0.15, 0.2) is 54.6 Å². The van der Waals surface area contributed by atoms with Gasteiger partial charge in [0.05, 0.1) is 28.4 Å². The van der Waals surface area contributed by atoms with Gasteiger partial charge in [-0.15, -0.1) is 0 Å². The molecule has 9 nitrogen and oxygen atoms in total. The quantitative estimate of drug-likeness (QED) is 0.163. The molecule has 0 bridgehead atoms. The Hall–Kier alpha value is -4.66. The van der Waals surface area contributed by atoms with E-state index >= 15 is 0 Å². The van der Waals surface area contributed by atoms with Crippen molar-refractivity contribution in [2.45, 2.75) is 26.4 Å². The number of benzene rings is 3. The summed E-state index contributed by atoms with van der Waals surface area (Å²) in [7, 11) is 6.14. The van der Waals surface area contributed by atoms with Gasteiger partial charge in [0.2, 0.25) is 11.7 Å². The molecular formula is C30H33NO8. The first-order valence-electron chi connectivity index (χ1n) is 12.3. The van der Waals surface area contributed by atoms with E-state index in [-0.39, 0.29) is 18.3 Å². The lowest BCUT2D eigenvalue weighted by molar-refractivity contribution is -0.116. The number of nitrogens with one attached hydrogen (secondary N) is 1. The summed E-state index contributed by atoms with van der Waals surface area (Å²) in [5, 5.41) is 2.81. The second-order valence-corrected chi connectivity index (χ2v) is 8.34. The molecule has 0 aromatic heterocycles. The number of carbonyl (C=O) groups is 2. The van der Waals surface area contributed by atoms with Gasteiger partial charge in [-0.2, -0.15) is 0 Å². The number of amides is 1. The molecule has 3 rings (SSSR count). The predicted molar refractivity (Wildman–Crippen MR) is 149 cm³/mol. The molecule has 3 aromatic rings. The fourth-order valence-corrected chi connectivity index (χ4v) is 3.66. The van der Waals surface area contributed by atoms with Crippen LogP contribution in [0.5, 0.6) is 28.7 Å². The van der Waals surface area contributed by atoms with E-state index in [0.717, 1.165) is 23.1 Å². The summed E-state index contributed by atoms with van der Waals surface area (Å²) in [4.78, 5) is 24.1. The molecule has 0 fully saturated rings. The van der Waals surface area contributed by atoms with Gasteiger partial charge in [0.1, 0.15) is 6.61 Å². The second kappa shape index (κ2) is 14.3. The van der Waals surface area contributed by atoms with Crippen LogP contribution >= 0.6 is 0 Å². The van der Waals surface area contributed by atoms with Crippen LogP contribution in [0.25, 0.3) is 12.2 Å². The van der Waals surface area contributed by atoms with E-state index in [1.807, 2.05) is 37.3 Å². The van der Waals surface area contributed by atoms with Crippen LogP contribution in [0, 0.1) is 0 Å². The largest absolute Gasteiger partial charge is 0.514 e. The van der Waals surface area contributed by atoms with E-state index in [4.69, 9.17) is 28.4 Å². The monoisotopic (exact) mass is 535 g/mol. The third kappa shape index (κ3) is 8.16. The number of ether oxygens (including phenoxy) is 6. The highest BCUT2D eigenvalue weighted by atomic mass is 16.7. The van der Waals surface area contributed by atoms with Crippen molar-refractivity contribution in [3.63, 3.8) is 0 Å². The Bertz CT molecular complexity index is 1280. The summed E-state index contributed by atoms with van der Waals surface area (Å²) in [6.45, 7) is 1.95. The van der Waals surface area contributed by atoms with Crippen molar-refractivity contribution in [2.75, 3.05) is 33.8 Å². The molecule has 0 aliphatic carbocycles. The van der Waals surface area contributed by atoms with Crippen molar-refractivity contribution in [3.8, 4) is 28.7 Å². The maximum Gasteiger partial charge on any atom is 0.514 e. The molecule has 0 atom stereocenters. The minimum atomic E-state index is -0.876. The Morgan fingerprint density at radius 2 is 1.36 bits per heavy atom. The molecule has 0 aliphatic rings. The molecule has 39 heavy (non-hydrogen) atoms. The molecule has 0 aliphatic heterocycles. The number of hydrogen-bond acceptors (Lipinski definition) is 8. The smallest absolute Gasteiger partial charge is 0.493 e. The fraction of sp³-hybridized carbons (Fsp3) is 0.267. The SMILES string of the molecule is CCCC(=O)Nc1ccc(COC(=O)Oc2cc(/C=C\c3cc(OC)c(OC)c(OC)c3)ccc2OC)cc1. The fourth-order valence-electron chi connectivity index (χ4n) is 3.66. The van der Waals surface area contributed by atoms with E-state index in [1.165, 1.54) is 7.11 Å². The number of methoxy groups -OCH3 is 4. The molecule has 0 spiro atoms. The van der Waals surface area contributed by atoms with Crippen LogP contribution in [-0.4, -0.2) is 40.5 Å². The van der Waals surface area contributed by atoms with Gasteiger partial charge < -0.3 is 33.7 Å². The van der Waals surface area contributed by atoms with E-state index in [2.05, 4.69) is 5.32 Å². The number of carbonyl (C=O) groups excluding carboxylic acids is 2. The third-order valence-electron chi connectivity index (χ3n) is 5.61. The topological polar surface area (TPSA) is 102 Å². The van der Waals surface area contributed by atoms with Crippen molar-refractivity contribution < 1.29 is 38.0 Å². The standard InChI is InChI=1S/C30H33NO8/c1-6-7-28(32)31-23-13-10-21(11-14-23)19-38-30(33)39-25-16-20(12-15-24(25)34-2)8-9-22-17-26(35-3)29(37-5)27(18-22)36-4/h8-18H,6-7,19H2,1-5H3,(H,31,32)/b9-8-. The Morgan fingerprint density at radius 3 is 1.95 bits per heavy atom. The summed E-state index contributed by atoms with van der Waals surface area (Å²) in [5.74, 6) is 2.13. The lowest BCUT2D eigenvalue weighted by Crippen LogP contribution is -2.12. The van der Waals surface area contributed by atoms with Gasteiger partial charge in [0.25, 0.3) is 0 Å². The Balaban J connectivity index is 1.66. The molecule has 0 saturated heterocycles. The molecule has 0 radical (unpaired) electrons. The van der Waals surface area contributed by atoms with Gasteiger partial charge in [-0.1, -0.05) is 37.3 Å². The summed E-state index contributed by atoms with van der Waals surface area (Å²) < 4.78 is 32.2.